The van der Waals surface area contributed by atoms with Crippen molar-refractivity contribution >= 4 is 29.1 Å². The molecule has 0 radical (unpaired) electrons. The summed E-state index contributed by atoms with van der Waals surface area (Å²) in [7, 11) is 0. The number of halogens is 3. The maximum atomic E-state index is 13.2. The summed E-state index contributed by atoms with van der Waals surface area (Å²) in [6, 6.07) is 4.09. The molecule has 1 aromatic carbocycles. The molecule has 0 spiro atoms. The topological polar surface area (TPSA) is 29.1 Å². The van der Waals surface area contributed by atoms with Crippen LogP contribution in [0.2, 0.25) is 5.02 Å². The molecule has 1 aromatic rings. The lowest BCUT2D eigenvalue weighted by Gasteiger charge is -2.08. The lowest BCUT2D eigenvalue weighted by Crippen LogP contribution is -2.29. The Balaban J connectivity index is 2.82. The van der Waals surface area contributed by atoms with Gasteiger partial charge in [0.2, 0.25) is 0 Å². The lowest BCUT2D eigenvalue weighted by molar-refractivity contribution is 0.0950. The molecule has 0 saturated carbocycles. The molecule has 15 heavy (non-hydrogen) atoms. The highest BCUT2D eigenvalue weighted by Crippen LogP contribution is 2.18. The van der Waals surface area contributed by atoms with Crippen molar-refractivity contribution in [2.45, 2.75) is 12.3 Å². The van der Waals surface area contributed by atoms with E-state index < -0.39 is 11.7 Å². The highest BCUT2D eigenvalue weighted by Gasteiger charge is 2.15. The van der Waals surface area contributed by atoms with Crippen LogP contribution in [0.5, 0.6) is 0 Å². The first kappa shape index (κ1) is 12.3. The minimum atomic E-state index is -0.637. The minimum absolute atomic E-state index is 0.0923. The van der Waals surface area contributed by atoms with Gasteiger partial charge < -0.3 is 5.32 Å². The molecule has 0 fully saturated rings. The van der Waals surface area contributed by atoms with Gasteiger partial charge in [0.25, 0.3) is 5.91 Å². The molecule has 0 saturated heterocycles. The van der Waals surface area contributed by atoms with Gasteiger partial charge in [-0.25, -0.2) is 4.39 Å². The molecule has 1 N–H and O–H groups in total. The van der Waals surface area contributed by atoms with E-state index >= 15 is 0 Å². The van der Waals surface area contributed by atoms with Crippen LogP contribution >= 0.6 is 23.2 Å². The van der Waals surface area contributed by atoms with Crippen molar-refractivity contribution in [2.75, 3.05) is 6.54 Å². The van der Waals surface area contributed by atoms with Gasteiger partial charge in [-0.15, -0.1) is 11.6 Å². The van der Waals surface area contributed by atoms with E-state index in [9.17, 15) is 9.18 Å². The second-order valence-corrected chi connectivity index (χ2v) is 4.24. The Kier molecular flexibility index (Phi) is 4.36. The van der Waals surface area contributed by atoms with Crippen LogP contribution in [-0.2, 0) is 0 Å². The zero-order chi connectivity index (χ0) is 11.4. The number of hydrogen-bond acceptors (Lipinski definition) is 1. The lowest BCUT2D eigenvalue weighted by atomic mass is 10.2. The van der Waals surface area contributed by atoms with E-state index in [1.165, 1.54) is 18.2 Å². The normalized spacial score (nSPS) is 12.3. The van der Waals surface area contributed by atoms with Crippen LogP contribution in [0.3, 0.4) is 0 Å². The van der Waals surface area contributed by atoms with Crippen molar-refractivity contribution in [3.05, 3.63) is 34.6 Å². The van der Waals surface area contributed by atoms with Gasteiger partial charge in [-0.05, 0) is 19.1 Å². The third kappa shape index (κ3) is 3.36. The summed E-state index contributed by atoms with van der Waals surface area (Å²) in [4.78, 5) is 11.5. The fourth-order valence-corrected chi connectivity index (χ4v) is 1.36. The number of hydrogen-bond donors (Lipinski definition) is 1. The van der Waals surface area contributed by atoms with E-state index in [0.717, 1.165) is 0 Å². The van der Waals surface area contributed by atoms with Gasteiger partial charge in [0, 0.05) is 11.9 Å². The molecule has 1 amide bonds. The van der Waals surface area contributed by atoms with Gasteiger partial charge in [0.05, 0.1) is 10.6 Å². The molecule has 0 aliphatic heterocycles. The van der Waals surface area contributed by atoms with Gasteiger partial charge in [-0.2, -0.15) is 0 Å². The van der Waals surface area contributed by atoms with E-state index in [-0.39, 0.29) is 22.5 Å². The van der Waals surface area contributed by atoms with Crippen LogP contribution < -0.4 is 5.32 Å². The van der Waals surface area contributed by atoms with E-state index in [1.807, 2.05) is 0 Å². The molecule has 0 bridgehead atoms. The highest BCUT2D eigenvalue weighted by molar-refractivity contribution is 6.33. The standard InChI is InChI=1S/C10H10Cl2FNO/c1-6(11)5-14-10(15)9-7(12)3-2-4-8(9)13/h2-4,6H,5H2,1H3,(H,14,15). The Morgan fingerprint density at radius 1 is 1.60 bits per heavy atom. The van der Waals surface area contributed by atoms with Crippen LogP contribution in [-0.4, -0.2) is 17.8 Å². The second-order valence-electron chi connectivity index (χ2n) is 3.09. The Hall–Kier alpha value is -0.800. The summed E-state index contributed by atoms with van der Waals surface area (Å²) in [5.41, 5.74) is -0.142. The smallest absolute Gasteiger partial charge is 0.255 e. The predicted octanol–water partition coefficient (Wildman–Crippen LogP) is 2.84. The number of carbonyl (C=O) groups is 1. The molecule has 5 heteroatoms. The molecule has 1 rings (SSSR count). The minimum Gasteiger partial charge on any atom is -0.350 e. The van der Waals surface area contributed by atoms with E-state index in [2.05, 4.69) is 5.32 Å². The van der Waals surface area contributed by atoms with Crippen molar-refractivity contribution in [1.29, 1.82) is 0 Å². The Bertz CT molecular complexity index is 348. The number of carbonyl (C=O) groups excluding carboxylic acids is 1. The van der Waals surface area contributed by atoms with Gasteiger partial charge >= 0.3 is 0 Å². The van der Waals surface area contributed by atoms with Crippen molar-refractivity contribution in [3.8, 4) is 0 Å². The van der Waals surface area contributed by atoms with Crippen molar-refractivity contribution in [2.24, 2.45) is 0 Å². The monoisotopic (exact) mass is 249 g/mol. The van der Waals surface area contributed by atoms with Crippen LogP contribution in [0.15, 0.2) is 18.2 Å². The van der Waals surface area contributed by atoms with Crippen LogP contribution in [0.4, 0.5) is 4.39 Å². The van der Waals surface area contributed by atoms with Crippen LogP contribution in [0.1, 0.15) is 17.3 Å². The first-order valence-corrected chi connectivity index (χ1v) is 5.20. The second kappa shape index (κ2) is 5.33. The number of nitrogens with one attached hydrogen (secondary N) is 1. The molecule has 2 nitrogen and oxygen atoms in total. The summed E-state index contributed by atoms with van der Waals surface area (Å²) < 4.78 is 13.2. The summed E-state index contributed by atoms with van der Waals surface area (Å²) in [6.07, 6.45) is 0. The third-order valence-electron chi connectivity index (χ3n) is 1.73. The molecular weight excluding hydrogens is 240 g/mol. The molecule has 0 heterocycles. The SMILES string of the molecule is CC(Cl)CNC(=O)c1c(F)cccc1Cl. The Morgan fingerprint density at radius 2 is 2.27 bits per heavy atom. The van der Waals surface area contributed by atoms with Gasteiger partial charge in [0.15, 0.2) is 0 Å². The number of amides is 1. The zero-order valence-corrected chi connectivity index (χ0v) is 9.57. The third-order valence-corrected chi connectivity index (χ3v) is 2.20. The number of rotatable bonds is 3. The van der Waals surface area contributed by atoms with Crippen molar-refractivity contribution in [3.63, 3.8) is 0 Å². The number of benzene rings is 1. The maximum Gasteiger partial charge on any atom is 0.255 e. The van der Waals surface area contributed by atoms with Gasteiger partial charge in [-0.1, -0.05) is 17.7 Å². The average molecular weight is 250 g/mol. The first-order chi connectivity index (χ1) is 7.02. The highest BCUT2D eigenvalue weighted by atomic mass is 35.5. The van der Waals surface area contributed by atoms with Crippen LogP contribution in [0, 0.1) is 5.82 Å². The van der Waals surface area contributed by atoms with Crippen molar-refractivity contribution in [1.82, 2.24) is 5.32 Å². The zero-order valence-electron chi connectivity index (χ0n) is 8.06. The molecule has 82 valence electrons. The summed E-state index contributed by atoms with van der Waals surface area (Å²) in [5, 5.41) is 2.37. The number of alkyl halides is 1. The molecule has 0 aromatic heterocycles. The fourth-order valence-electron chi connectivity index (χ4n) is 1.04. The van der Waals surface area contributed by atoms with E-state index in [0.29, 0.717) is 0 Å². The quantitative estimate of drug-likeness (QED) is 0.821. The predicted molar refractivity (Wildman–Crippen MR) is 59.1 cm³/mol. The maximum absolute atomic E-state index is 13.2. The fraction of sp³-hybridized carbons (Fsp3) is 0.300. The molecule has 0 aliphatic rings. The Morgan fingerprint density at radius 3 is 2.80 bits per heavy atom. The molecule has 0 aliphatic carbocycles. The van der Waals surface area contributed by atoms with Gasteiger partial charge in [-0.3, -0.25) is 4.79 Å². The summed E-state index contributed by atoms with van der Waals surface area (Å²) >= 11 is 11.4. The summed E-state index contributed by atoms with van der Waals surface area (Å²) in [5.74, 6) is -1.19. The van der Waals surface area contributed by atoms with Gasteiger partial charge in [0.1, 0.15) is 5.82 Å². The van der Waals surface area contributed by atoms with E-state index in [1.54, 1.807) is 6.92 Å². The van der Waals surface area contributed by atoms with Crippen molar-refractivity contribution < 1.29 is 9.18 Å². The van der Waals surface area contributed by atoms with Crippen LogP contribution in [0.25, 0.3) is 0 Å². The largest absolute Gasteiger partial charge is 0.350 e. The summed E-state index contributed by atoms with van der Waals surface area (Å²) in [6.45, 7) is 2.00. The molecule has 1 atom stereocenters. The average Bonchev–Trinajstić information content (AvgIpc) is 2.14. The molecule has 1 unspecified atom stereocenters. The van der Waals surface area contributed by atoms with E-state index in [4.69, 9.17) is 23.2 Å². The molecular formula is C10H10Cl2FNO. The first-order valence-electron chi connectivity index (χ1n) is 4.38. The Labute approximate surface area is 97.4 Å².